The van der Waals surface area contributed by atoms with E-state index in [9.17, 15) is 13.2 Å². The Balaban J connectivity index is 1.88. The standard InChI is InChI=1S/C11H9BrF3N5/c12-7-2-1-3-8(16-7)19-4-5-20-9(6-19)17-18-10(20)11(13,14)15/h1-3H,4-6H2. The molecule has 0 saturated carbocycles. The summed E-state index contributed by atoms with van der Waals surface area (Å²) < 4.78 is 40.0. The number of rotatable bonds is 1. The number of alkyl halides is 3. The van der Waals surface area contributed by atoms with Crippen molar-refractivity contribution in [2.24, 2.45) is 0 Å². The minimum atomic E-state index is -4.47. The third-order valence-corrected chi connectivity index (χ3v) is 3.47. The molecule has 0 amide bonds. The molecule has 5 nitrogen and oxygen atoms in total. The van der Waals surface area contributed by atoms with Crippen molar-refractivity contribution >= 4 is 21.7 Å². The molecule has 2 aromatic heterocycles. The van der Waals surface area contributed by atoms with E-state index in [4.69, 9.17) is 0 Å². The number of anilines is 1. The van der Waals surface area contributed by atoms with Gasteiger partial charge in [0.25, 0.3) is 0 Å². The molecule has 0 N–H and O–H groups in total. The highest BCUT2D eigenvalue weighted by molar-refractivity contribution is 9.10. The zero-order valence-electron chi connectivity index (χ0n) is 10.1. The van der Waals surface area contributed by atoms with Gasteiger partial charge in [0.1, 0.15) is 10.4 Å². The fraction of sp³-hybridized carbons (Fsp3) is 0.364. The highest BCUT2D eigenvalue weighted by atomic mass is 79.9. The second kappa shape index (κ2) is 4.72. The van der Waals surface area contributed by atoms with Crippen LogP contribution in [0.3, 0.4) is 0 Å². The molecule has 0 spiro atoms. The molecule has 0 aromatic carbocycles. The van der Waals surface area contributed by atoms with Crippen molar-refractivity contribution in [1.29, 1.82) is 0 Å². The third kappa shape index (κ3) is 2.37. The lowest BCUT2D eigenvalue weighted by molar-refractivity contribution is -0.147. The Morgan fingerprint density at radius 1 is 1.15 bits per heavy atom. The van der Waals surface area contributed by atoms with E-state index < -0.39 is 12.0 Å². The average molecular weight is 348 g/mol. The van der Waals surface area contributed by atoms with Crippen LogP contribution in [-0.4, -0.2) is 26.3 Å². The molecule has 0 aliphatic carbocycles. The fourth-order valence-corrected chi connectivity index (χ4v) is 2.47. The van der Waals surface area contributed by atoms with Crippen molar-refractivity contribution in [1.82, 2.24) is 19.7 Å². The Morgan fingerprint density at radius 3 is 2.65 bits per heavy atom. The first-order chi connectivity index (χ1) is 9.45. The molecule has 0 fully saturated rings. The minimum absolute atomic E-state index is 0.186. The zero-order chi connectivity index (χ0) is 14.3. The van der Waals surface area contributed by atoms with Crippen LogP contribution in [0, 0.1) is 0 Å². The van der Waals surface area contributed by atoms with Gasteiger partial charge in [0.05, 0.1) is 6.54 Å². The molecule has 3 heterocycles. The highest BCUT2D eigenvalue weighted by Crippen LogP contribution is 2.30. The summed E-state index contributed by atoms with van der Waals surface area (Å²) in [6, 6.07) is 5.42. The van der Waals surface area contributed by atoms with E-state index in [0.717, 1.165) is 4.57 Å². The summed E-state index contributed by atoms with van der Waals surface area (Å²) in [6.07, 6.45) is -4.47. The average Bonchev–Trinajstić information content (AvgIpc) is 2.81. The molecule has 20 heavy (non-hydrogen) atoms. The lowest BCUT2D eigenvalue weighted by atomic mass is 10.3. The van der Waals surface area contributed by atoms with Gasteiger partial charge in [0.2, 0.25) is 5.82 Å². The zero-order valence-corrected chi connectivity index (χ0v) is 11.7. The van der Waals surface area contributed by atoms with Crippen LogP contribution in [0.25, 0.3) is 0 Å². The van der Waals surface area contributed by atoms with Gasteiger partial charge >= 0.3 is 6.18 Å². The van der Waals surface area contributed by atoms with Gasteiger partial charge < -0.3 is 9.47 Å². The smallest absolute Gasteiger partial charge is 0.347 e. The van der Waals surface area contributed by atoms with Crippen molar-refractivity contribution in [3.8, 4) is 0 Å². The van der Waals surface area contributed by atoms with Gasteiger partial charge in [-0.25, -0.2) is 4.98 Å². The predicted octanol–water partition coefficient (Wildman–Crippen LogP) is 2.47. The van der Waals surface area contributed by atoms with Crippen LogP contribution in [0.4, 0.5) is 19.0 Å². The first-order valence-corrected chi connectivity index (χ1v) is 6.61. The third-order valence-electron chi connectivity index (χ3n) is 3.03. The Hall–Kier alpha value is -1.64. The molecular formula is C11H9BrF3N5. The Bertz CT molecular complexity index is 639. The second-order valence-corrected chi connectivity index (χ2v) is 5.14. The van der Waals surface area contributed by atoms with Crippen LogP contribution in [0.5, 0.6) is 0 Å². The summed E-state index contributed by atoms with van der Waals surface area (Å²) in [5, 5.41) is 6.88. The van der Waals surface area contributed by atoms with Gasteiger partial charge in [0, 0.05) is 13.1 Å². The molecule has 106 valence electrons. The monoisotopic (exact) mass is 347 g/mol. The number of nitrogens with zero attached hydrogens (tertiary/aromatic N) is 5. The minimum Gasteiger partial charge on any atom is -0.347 e. The summed E-state index contributed by atoms with van der Waals surface area (Å²) in [4.78, 5) is 6.16. The Kier molecular flexibility index (Phi) is 3.15. The predicted molar refractivity (Wildman–Crippen MR) is 68.0 cm³/mol. The van der Waals surface area contributed by atoms with Gasteiger partial charge in [-0.15, -0.1) is 10.2 Å². The van der Waals surface area contributed by atoms with Gasteiger partial charge in [-0.1, -0.05) is 6.07 Å². The van der Waals surface area contributed by atoms with E-state index in [0.29, 0.717) is 22.8 Å². The van der Waals surface area contributed by atoms with Gasteiger partial charge in [-0.3, -0.25) is 0 Å². The number of hydrogen-bond donors (Lipinski definition) is 0. The molecule has 0 saturated heterocycles. The van der Waals surface area contributed by atoms with Gasteiger partial charge in [-0.2, -0.15) is 13.2 Å². The Morgan fingerprint density at radius 2 is 1.95 bits per heavy atom. The van der Waals surface area contributed by atoms with Crippen LogP contribution >= 0.6 is 15.9 Å². The van der Waals surface area contributed by atoms with Gasteiger partial charge in [-0.05, 0) is 28.1 Å². The molecule has 3 rings (SSSR count). The van der Waals surface area contributed by atoms with Crippen LogP contribution in [0.2, 0.25) is 0 Å². The highest BCUT2D eigenvalue weighted by Gasteiger charge is 2.39. The SMILES string of the molecule is FC(F)(F)c1nnc2n1CCN(c1cccc(Br)n1)C2. The molecule has 1 aliphatic heterocycles. The summed E-state index contributed by atoms with van der Waals surface area (Å²) in [5.41, 5.74) is 0. The van der Waals surface area contributed by atoms with Crippen molar-refractivity contribution in [2.75, 3.05) is 11.4 Å². The number of hydrogen-bond acceptors (Lipinski definition) is 4. The van der Waals surface area contributed by atoms with Crippen LogP contribution in [-0.2, 0) is 19.3 Å². The maximum atomic E-state index is 12.7. The molecule has 0 bridgehead atoms. The lowest BCUT2D eigenvalue weighted by Gasteiger charge is -2.28. The molecule has 2 aromatic rings. The van der Waals surface area contributed by atoms with Crippen molar-refractivity contribution in [3.63, 3.8) is 0 Å². The van der Waals surface area contributed by atoms with Crippen molar-refractivity contribution in [3.05, 3.63) is 34.5 Å². The van der Waals surface area contributed by atoms with E-state index in [1.54, 1.807) is 6.07 Å². The topological polar surface area (TPSA) is 46.8 Å². The van der Waals surface area contributed by atoms with E-state index in [2.05, 4.69) is 31.1 Å². The Labute approximate surface area is 120 Å². The fourth-order valence-electron chi connectivity index (χ4n) is 2.14. The van der Waals surface area contributed by atoms with E-state index >= 15 is 0 Å². The number of aromatic nitrogens is 4. The molecule has 0 atom stereocenters. The number of halogens is 4. The second-order valence-electron chi connectivity index (χ2n) is 4.33. The summed E-state index contributed by atoms with van der Waals surface area (Å²) in [6.45, 7) is 0.871. The summed E-state index contributed by atoms with van der Waals surface area (Å²) >= 11 is 3.27. The maximum Gasteiger partial charge on any atom is 0.451 e. The molecule has 0 radical (unpaired) electrons. The van der Waals surface area contributed by atoms with Crippen LogP contribution in [0.15, 0.2) is 22.8 Å². The van der Waals surface area contributed by atoms with E-state index in [-0.39, 0.29) is 13.1 Å². The summed E-state index contributed by atoms with van der Waals surface area (Å²) in [5.74, 6) is 0.0573. The van der Waals surface area contributed by atoms with Crippen LogP contribution in [0.1, 0.15) is 11.6 Å². The first-order valence-electron chi connectivity index (χ1n) is 5.82. The number of fused-ring (bicyclic) bond motifs is 1. The quantitative estimate of drug-likeness (QED) is 0.743. The van der Waals surface area contributed by atoms with Gasteiger partial charge in [0.15, 0.2) is 5.82 Å². The lowest BCUT2D eigenvalue weighted by Crippen LogP contribution is -2.35. The normalized spacial score (nSPS) is 15.3. The summed E-state index contributed by atoms with van der Waals surface area (Å²) in [7, 11) is 0. The van der Waals surface area contributed by atoms with Crippen molar-refractivity contribution in [2.45, 2.75) is 19.3 Å². The maximum absolute atomic E-state index is 12.7. The largest absolute Gasteiger partial charge is 0.451 e. The van der Waals surface area contributed by atoms with Crippen molar-refractivity contribution < 1.29 is 13.2 Å². The van der Waals surface area contributed by atoms with Crippen LogP contribution < -0.4 is 4.90 Å². The molecular weight excluding hydrogens is 339 g/mol. The molecule has 0 unspecified atom stereocenters. The first kappa shape index (κ1) is 13.3. The molecule has 9 heteroatoms. The van der Waals surface area contributed by atoms with E-state index in [1.807, 2.05) is 17.0 Å². The number of pyridine rings is 1. The van der Waals surface area contributed by atoms with E-state index in [1.165, 1.54) is 0 Å². The molecule has 1 aliphatic rings.